The molecule has 2 aliphatic heterocycles. The highest BCUT2D eigenvalue weighted by molar-refractivity contribution is 7.75. The van der Waals surface area contributed by atoms with E-state index in [2.05, 4.69) is 15.3 Å². The number of allylic oxidation sites excluding steroid dienone is 2. The average Bonchev–Trinajstić information content (AvgIpc) is 2.88. The summed E-state index contributed by atoms with van der Waals surface area (Å²) in [6, 6.07) is 11.4. The minimum atomic E-state index is -2.04. The number of carbonyl (C=O) groups is 2. The van der Waals surface area contributed by atoms with Crippen LogP contribution in [0.15, 0.2) is 52.9 Å². The molecular weight excluding hydrogens is 520 g/mol. The normalized spacial score (nSPS) is 27.9. The zero-order valence-electron chi connectivity index (χ0n) is 21.8. The van der Waals surface area contributed by atoms with Crippen LogP contribution in [0.25, 0.3) is 0 Å². The Hall–Kier alpha value is -2.64. The smallest absolute Gasteiger partial charge is 0.284 e. The standard InChI is InChI=1S/C30H35ClN2O4S/c1-20-5-4-7-28(34)26-12-9-24(26)18-33-17-23-8-11-25(31)15-21(23)6-2-3-14-37-29-13-10-22(16-27(29)33)30(35)32-38(36)19-20/h4,7-8,10-11,13,15-16,20,24,26,38H,2-3,5-6,9,12,14,17-19H2,1H3/b7-4+/t20-,24-,26+/m0/s1. The number of rotatable bonds is 0. The topological polar surface area (TPSA) is 76.0 Å². The Balaban J connectivity index is 1.60. The van der Waals surface area contributed by atoms with Gasteiger partial charge in [0.2, 0.25) is 0 Å². The summed E-state index contributed by atoms with van der Waals surface area (Å²) in [6.45, 7) is 3.81. The van der Waals surface area contributed by atoms with Crippen molar-refractivity contribution in [1.29, 1.82) is 0 Å². The third-order valence-corrected chi connectivity index (χ3v) is 9.48. The summed E-state index contributed by atoms with van der Waals surface area (Å²) in [7, 11) is -2.04. The summed E-state index contributed by atoms with van der Waals surface area (Å²) in [6.07, 6.45) is 8.88. The SMILES string of the molecule is C[C@H]1C/C=C/C(=O)[C@@H]2CC[C@H]2CN2Cc3ccc(Cl)cc3CCCCOc3ccc(cc32)C(=O)/N=[SH](=O)\C1. The molecule has 2 bridgehead atoms. The maximum Gasteiger partial charge on any atom is 0.284 e. The Bertz CT molecular complexity index is 1330. The van der Waals surface area contributed by atoms with E-state index in [1.165, 1.54) is 11.1 Å². The van der Waals surface area contributed by atoms with Crippen LogP contribution < -0.4 is 9.64 Å². The molecule has 0 spiro atoms. The van der Waals surface area contributed by atoms with Gasteiger partial charge in [0.1, 0.15) is 5.75 Å². The fraction of sp³-hybridized carbons (Fsp3) is 0.467. The van der Waals surface area contributed by atoms with E-state index < -0.39 is 16.5 Å². The van der Waals surface area contributed by atoms with E-state index in [0.717, 1.165) is 42.8 Å². The number of thiol groups is 1. The highest BCUT2D eigenvalue weighted by Gasteiger charge is 2.37. The number of ketones is 1. The van der Waals surface area contributed by atoms with Crippen LogP contribution in [-0.2, 0) is 28.4 Å². The highest BCUT2D eigenvalue weighted by atomic mass is 35.5. The van der Waals surface area contributed by atoms with E-state index in [1.807, 2.05) is 37.3 Å². The number of aryl methyl sites for hydroxylation is 1. The molecule has 0 radical (unpaired) electrons. The number of hydrogen-bond donors (Lipinski definition) is 1. The lowest BCUT2D eigenvalue weighted by molar-refractivity contribution is -0.122. The number of ether oxygens (including phenoxy) is 1. The average molecular weight is 555 g/mol. The Labute approximate surface area is 231 Å². The van der Waals surface area contributed by atoms with Crippen LogP contribution in [0.4, 0.5) is 5.69 Å². The fourth-order valence-corrected chi connectivity index (χ4v) is 6.86. The molecule has 1 saturated carbocycles. The van der Waals surface area contributed by atoms with Crippen molar-refractivity contribution < 1.29 is 18.5 Å². The number of benzene rings is 2. The van der Waals surface area contributed by atoms with Crippen molar-refractivity contribution >= 4 is 39.6 Å². The van der Waals surface area contributed by atoms with Crippen molar-refractivity contribution in [3.63, 3.8) is 0 Å². The third kappa shape index (κ3) is 6.32. The monoisotopic (exact) mass is 554 g/mol. The van der Waals surface area contributed by atoms with Crippen molar-refractivity contribution in [1.82, 2.24) is 0 Å². The Morgan fingerprint density at radius 1 is 1.08 bits per heavy atom. The van der Waals surface area contributed by atoms with Gasteiger partial charge >= 0.3 is 0 Å². The first-order valence-electron chi connectivity index (χ1n) is 13.6. The molecule has 5 rings (SSSR count). The van der Waals surface area contributed by atoms with Gasteiger partial charge in [-0.2, -0.15) is 4.36 Å². The van der Waals surface area contributed by atoms with E-state index in [1.54, 1.807) is 12.1 Å². The van der Waals surface area contributed by atoms with Gasteiger partial charge in [-0.15, -0.1) is 0 Å². The molecule has 1 amide bonds. The quantitative estimate of drug-likeness (QED) is 0.401. The molecule has 1 aliphatic carbocycles. The van der Waals surface area contributed by atoms with Crippen LogP contribution in [-0.4, -0.2) is 34.8 Å². The molecule has 2 heterocycles. The minimum absolute atomic E-state index is 0.0156. The molecule has 0 N–H and O–H groups in total. The maximum atomic E-state index is 13.1. The predicted molar refractivity (Wildman–Crippen MR) is 153 cm³/mol. The van der Waals surface area contributed by atoms with Gasteiger partial charge in [0.15, 0.2) is 5.78 Å². The molecule has 3 aliphatic rings. The molecule has 2 aromatic carbocycles. The Morgan fingerprint density at radius 2 is 1.95 bits per heavy atom. The van der Waals surface area contributed by atoms with E-state index in [9.17, 15) is 13.8 Å². The van der Waals surface area contributed by atoms with Gasteiger partial charge in [-0.25, -0.2) is 0 Å². The second-order valence-electron chi connectivity index (χ2n) is 10.8. The molecule has 202 valence electrons. The number of nitrogens with zero attached hydrogens (tertiary/aromatic N) is 2. The number of anilines is 1. The fourth-order valence-electron chi connectivity index (χ4n) is 5.58. The molecule has 0 saturated heterocycles. The van der Waals surface area contributed by atoms with E-state index >= 15 is 0 Å². The molecule has 1 fully saturated rings. The molecule has 1 unspecified atom stereocenters. The molecule has 8 heteroatoms. The van der Waals surface area contributed by atoms with Gasteiger partial charge in [-0.1, -0.05) is 30.7 Å². The molecule has 38 heavy (non-hydrogen) atoms. The molecule has 6 nitrogen and oxygen atoms in total. The zero-order chi connectivity index (χ0) is 26.6. The molecule has 4 atom stereocenters. The molecule has 2 aromatic rings. The Morgan fingerprint density at radius 3 is 2.76 bits per heavy atom. The van der Waals surface area contributed by atoms with Crippen molar-refractivity contribution in [3.8, 4) is 5.75 Å². The number of carbonyl (C=O) groups excluding carboxylic acids is 2. The van der Waals surface area contributed by atoms with Gasteiger partial charge < -0.3 is 9.64 Å². The summed E-state index contributed by atoms with van der Waals surface area (Å²) >= 11 is 6.36. The van der Waals surface area contributed by atoms with Crippen LogP contribution in [0.5, 0.6) is 5.75 Å². The van der Waals surface area contributed by atoms with Gasteiger partial charge in [0.25, 0.3) is 5.91 Å². The van der Waals surface area contributed by atoms with Crippen molar-refractivity contribution in [2.45, 2.75) is 52.0 Å². The lowest BCUT2D eigenvalue weighted by Gasteiger charge is -2.40. The summed E-state index contributed by atoms with van der Waals surface area (Å²) in [5.41, 5.74) is 3.59. The second-order valence-corrected chi connectivity index (χ2v) is 12.5. The zero-order valence-corrected chi connectivity index (χ0v) is 23.4. The van der Waals surface area contributed by atoms with E-state index in [4.69, 9.17) is 16.3 Å². The van der Waals surface area contributed by atoms with Crippen LogP contribution in [0, 0.1) is 17.8 Å². The first-order chi connectivity index (χ1) is 18.4. The predicted octanol–water partition coefficient (Wildman–Crippen LogP) is 6.06. The van der Waals surface area contributed by atoms with E-state index in [0.29, 0.717) is 43.2 Å². The van der Waals surface area contributed by atoms with Crippen LogP contribution in [0.3, 0.4) is 0 Å². The lowest BCUT2D eigenvalue weighted by Crippen LogP contribution is -2.41. The highest BCUT2D eigenvalue weighted by Crippen LogP contribution is 2.40. The largest absolute Gasteiger partial charge is 0.491 e. The van der Waals surface area contributed by atoms with Gasteiger partial charge in [-0.3, -0.25) is 13.8 Å². The molecular formula is C30H35ClN2O4S. The summed E-state index contributed by atoms with van der Waals surface area (Å²) < 4.78 is 22.9. The Kier molecular flexibility index (Phi) is 8.54. The number of amides is 1. The minimum Gasteiger partial charge on any atom is -0.491 e. The van der Waals surface area contributed by atoms with Crippen molar-refractivity contribution in [3.05, 3.63) is 70.3 Å². The number of halogens is 1. The maximum absolute atomic E-state index is 13.1. The summed E-state index contributed by atoms with van der Waals surface area (Å²) in [5.74, 6) is 0.977. The second kappa shape index (κ2) is 12.0. The first-order valence-corrected chi connectivity index (χ1v) is 15.3. The van der Waals surface area contributed by atoms with Gasteiger partial charge in [0.05, 0.1) is 12.3 Å². The van der Waals surface area contributed by atoms with Crippen LogP contribution >= 0.6 is 11.6 Å². The molecule has 0 aromatic heterocycles. The lowest BCUT2D eigenvalue weighted by atomic mass is 9.71. The van der Waals surface area contributed by atoms with Gasteiger partial charge in [-0.05, 0) is 97.9 Å². The van der Waals surface area contributed by atoms with Crippen LogP contribution in [0.2, 0.25) is 5.02 Å². The van der Waals surface area contributed by atoms with Crippen molar-refractivity contribution in [2.24, 2.45) is 22.1 Å². The summed E-state index contributed by atoms with van der Waals surface area (Å²) in [5, 5.41) is 0.720. The summed E-state index contributed by atoms with van der Waals surface area (Å²) in [4.78, 5) is 28.4. The number of hydrogen-bond acceptors (Lipinski definition) is 5. The first kappa shape index (κ1) is 26.9. The van der Waals surface area contributed by atoms with Gasteiger partial charge in [0, 0.05) is 45.9 Å². The van der Waals surface area contributed by atoms with Crippen molar-refractivity contribution in [2.75, 3.05) is 23.8 Å². The van der Waals surface area contributed by atoms with Crippen LogP contribution in [0.1, 0.15) is 60.5 Å². The number of fused-ring (bicyclic) bond motifs is 3. The third-order valence-electron chi connectivity index (χ3n) is 7.90. The van der Waals surface area contributed by atoms with E-state index in [-0.39, 0.29) is 23.5 Å².